The van der Waals surface area contributed by atoms with Crippen LogP contribution in [0.15, 0.2) is 0 Å². The number of rotatable bonds is 5. The van der Waals surface area contributed by atoms with Gasteiger partial charge in [0.2, 0.25) is 10.1 Å². The normalized spacial score (nSPS) is 12.2. The summed E-state index contributed by atoms with van der Waals surface area (Å²) in [7, 11) is 3.33. The summed E-state index contributed by atoms with van der Waals surface area (Å²) in [6.45, 7) is 2.34. The highest BCUT2D eigenvalue weighted by molar-refractivity contribution is 7.17. The highest BCUT2D eigenvalue weighted by Crippen LogP contribution is 2.13. The number of nitrogens with zero attached hydrogens (tertiary/aromatic N) is 2. The van der Waals surface area contributed by atoms with Gasteiger partial charge in [-0.1, -0.05) is 11.3 Å². The number of hydrogen-bond donors (Lipinski definition) is 2. The van der Waals surface area contributed by atoms with Gasteiger partial charge in [0.1, 0.15) is 0 Å². The van der Waals surface area contributed by atoms with Crippen LogP contribution in [0.4, 0.5) is 5.13 Å². The number of aromatic nitrogens is 2. The van der Waals surface area contributed by atoms with E-state index in [1.807, 2.05) is 6.92 Å². The van der Waals surface area contributed by atoms with Crippen molar-refractivity contribution in [2.24, 2.45) is 0 Å². The van der Waals surface area contributed by atoms with E-state index in [0.717, 1.165) is 0 Å². The fraction of sp³-hybridized carbons (Fsp3) is 0.625. The van der Waals surface area contributed by atoms with Crippen molar-refractivity contribution in [3.8, 4) is 0 Å². The minimum absolute atomic E-state index is 0.00866. The summed E-state index contributed by atoms with van der Waals surface area (Å²) < 4.78 is 5.00. The molecule has 0 bridgehead atoms. The van der Waals surface area contributed by atoms with E-state index in [4.69, 9.17) is 4.74 Å². The zero-order chi connectivity index (χ0) is 11.3. The number of anilines is 1. The lowest BCUT2D eigenvalue weighted by Gasteiger charge is -2.08. The monoisotopic (exact) mass is 230 g/mol. The third-order valence-electron chi connectivity index (χ3n) is 1.79. The molecule has 0 aromatic carbocycles. The molecule has 0 saturated carbocycles. The van der Waals surface area contributed by atoms with Crippen molar-refractivity contribution in [1.29, 1.82) is 0 Å². The molecular formula is C8H14N4O2S. The summed E-state index contributed by atoms with van der Waals surface area (Å²) in [5, 5.41) is 14.0. The maximum atomic E-state index is 11.5. The topological polar surface area (TPSA) is 76.1 Å². The first-order valence-corrected chi connectivity index (χ1v) is 5.31. The van der Waals surface area contributed by atoms with Gasteiger partial charge in [-0.05, 0) is 6.92 Å². The van der Waals surface area contributed by atoms with Crippen molar-refractivity contribution >= 4 is 22.4 Å². The first-order chi connectivity index (χ1) is 7.17. The van der Waals surface area contributed by atoms with Crippen LogP contribution in [0.1, 0.15) is 16.7 Å². The lowest BCUT2D eigenvalue weighted by Crippen LogP contribution is -2.31. The van der Waals surface area contributed by atoms with Crippen molar-refractivity contribution in [2.75, 3.05) is 26.0 Å². The van der Waals surface area contributed by atoms with Gasteiger partial charge in [0.25, 0.3) is 5.91 Å². The molecule has 1 heterocycles. The molecular weight excluding hydrogens is 216 g/mol. The molecule has 0 aliphatic rings. The lowest BCUT2D eigenvalue weighted by molar-refractivity contribution is 0.0869. The summed E-state index contributed by atoms with van der Waals surface area (Å²) in [6.07, 6.45) is -0.00866. The molecule has 0 aliphatic heterocycles. The van der Waals surface area contributed by atoms with Gasteiger partial charge in [0, 0.05) is 20.7 Å². The van der Waals surface area contributed by atoms with Crippen LogP contribution in [0.2, 0.25) is 0 Å². The van der Waals surface area contributed by atoms with Crippen molar-refractivity contribution in [2.45, 2.75) is 13.0 Å². The Morgan fingerprint density at radius 3 is 2.87 bits per heavy atom. The molecule has 6 nitrogen and oxygen atoms in total. The van der Waals surface area contributed by atoms with E-state index in [1.165, 1.54) is 11.3 Å². The number of nitrogens with one attached hydrogen (secondary N) is 2. The maximum Gasteiger partial charge on any atom is 0.282 e. The third-order valence-corrected chi connectivity index (χ3v) is 2.73. The van der Waals surface area contributed by atoms with Crippen LogP contribution in [-0.4, -0.2) is 42.9 Å². The Morgan fingerprint density at radius 1 is 1.60 bits per heavy atom. The van der Waals surface area contributed by atoms with E-state index in [0.29, 0.717) is 16.7 Å². The van der Waals surface area contributed by atoms with Crippen LogP contribution in [0, 0.1) is 0 Å². The molecule has 2 N–H and O–H groups in total. The number of hydrogen-bond acceptors (Lipinski definition) is 6. The van der Waals surface area contributed by atoms with Crippen LogP contribution in [-0.2, 0) is 4.74 Å². The van der Waals surface area contributed by atoms with E-state index in [9.17, 15) is 4.79 Å². The largest absolute Gasteiger partial charge is 0.380 e. The zero-order valence-corrected chi connectivity index (χ0v) is 9.72. The molecule has 7 heteroatoms. The molecule has 1 aromatic heterocycles. The predicted octanol–water partition coefficient (Wildman–Crippen LogP) is 0.344. The second-order valence-corrected chi connectivity index (χ2v) is 3.90. The van der Waals surface area contributed by atoms with E-state index in [2.05, 4.69) is 20.8 Å². The van der Waals surface area contributed by atoms with Crippen molar-refractivity contribution in [1.82, 2.24) is 15.5 Å². The fourth-order valence-electron chi connectivity index (χ4n) is 0.811. The molecule has 84 valence electrons. The number of ether oxygens (including phenoxy) is 1. The van der Waals surface area contributed by atoms with Gasteiger partial charge >= 0.3 is 0 Å². The Balaban J connectivity index is 2.46. The van der Waals surface area contributed by atoms with E-state index in [1.54, 1.807) is 14.2 Å². The predicted molar refractivity (Wildman–Crippen MR) is 58.3 cm³/mol. The molecule has 0 fully saturated rings. The molecule has 1 atom stereocenters. The van der Waals surface area contributed by atoms with Gasteiger partial charge < -0.3 is 15.4 Å². The standard InChI is InChI=1S/C8H14N4O2S/c1-5(14-3)4-10-6(13)7-11-12-8(9-2)15-7/h5H,4H2,1-3H3,(H,9,12)(H,10,13). The minimum atomic E-state index is -0.224. The van der Waals surface area contributed by atoms with Crippen molar-refractivity contribution in [3.63, 3.8) is 0 Å². The van der Waals surface area contributed by atoms with E-state index < -0.39 is 0 Å². The van der Waals surface area contributed by atoms with Crippen LogP contribution < -0.4 is 10.6 Å². The van der Waals surface area contributed by atoms with Gasteiger partial charge in [0.05, 0.1) is 6.10 Å². The molecule has 0 spiro atoms. The summed E-state index contributed by atoms with van der Waals surface area (Å²) in [5.41, 5.74) is 0. The smallest absolute Gasteiger partial charge is 0.282 e. The quantitative estimate of drug-likeness (QED) is 0.763. The average Bonchev–Trinajstić information content (AvgIpc) is 2.73. The minimum Gasteiger partial charge on any atom is -0.380 e. The Morgan fingerprint density at radius 2 is 2.33 bits per heavy atom. The first-order valence-electron chi connectivity index (χ1n) is 4.49. The molecule has 0 saturated heterocycles. The Labute approximate surface area is 92.0 Å². The summed E-state index contributed by atoms with van der Waals surface area (Å²) in [4.78, 5) is 11.5. The molecule has 0 aliphatic carbocycles. The highest BCUT2D eigenvalue weighted by atomic mass is 32.1. The second-order valence-electron chi connectivity index (χ2n) is 2.92. The zero-order valence-electron chi connectivity index (χ0n) is 8.90. The van der Waals surface area contributed by atoms with E-state index in [-0.39, 0.29) is 12.0 Å². The highest BCUT2D eigenvalue weighted by Gasteiger charge is 2.12. The van der Waals surface area contributed by atoms with Crippen LogP contribution in [0.25, 0.3) is 0 Å². The molecule has 1 aromatic rings. The Hall–Kier alpha value is -1.21. The van der Waals surface area contributed by atoms with Crippen molar-refractivity contribution < 1.29 is 9.53 Å². The number of amides is 1. The Kier molecular flexibility index (Phi) is 4.44. The average molecular weight is 230 g/mol. The second kappa shape index (κ2) is 5.62. The van der Waals surface area contributed by atoms with E-state index >= 15 is 0 Å². The van der Waals surface area contributed by atoms with Crippen LogP contribution in [0.5, 0.6) is 0 Å². The van der Waals surface area contributed by atoms with Gasteiger partial charge in [-0.25, -0.2) is 0 Å². The van der Waals surface area contributed by atoms with Gasteiger partial charge in [-0.15, -0.1) is 10.2 Å². The fourth-order valence-corrected chi connectivity index (χ4v) is 1.42. The summed E-state index contributed by atoms with van der Waals surface area (Å²) in [5.74, 6) is -0.224. The third kappa shape index (κ3) is 3.45. The van der Waals surface area contributed by atoms with Crippen LogP contribution in [0.3, 0.4) is 0 Å². The number of carbonyl (C=O) groups is 1. The van der Waals surface area contributed by atoms with Gasteiger partial charge in [0.15, 0.2) is 0 Å². The Bertz CT molecular complexity index is 328. The first kappa shape index (κ1) is 11.9. The summed E-state index contributed by atoms with van der Waals surface area (Å²) in [6, 6.07) is 0. The molecule has 15 heavy (non-hydrogen) atoms. The lowest BCUT2D eigenvalue weighted by atomic mass is 10.4. The number of methoxy groups -OCH3 is 1. The maximum absolute atomic E-state index is 11.5. The van der Waals surface area contributed by atoms with Crippen LogP contribution >= 0.6 is 11.3 Å². The van der Waals surface area contributed by atoms with Crippen molar-refractivity contribution in [3.05, 3.63) is 5.01 Å². The molecule has 1 unspecified atom stereocenters. The van der Waals surface area contributed by atoms with Gasteiger partial charge in [-0.3, -0.25) is 4.79 Å². The molecule has 1 rings (SSSR count). The SMILES string of the molecule is CNc1nnc(C(=O)NCC(C)OC)s1. The molecule has 1 amide bonds. The van der Waals surface area contributed by atoms with Gasteiger partial charge in [-0.2, -0.15) is 0 Å². The summed E-state index contributed by atoms with van der Waals surface area (Å²) >= 11 is 1.21. The molecule has 0 radical (unpaired) electrons. The number of carbonyl (C=O) groups excluding carboxylic acids is 1.